The summed E-state index contributed by atoms with van der Waals surface area (Å²) in [7, 11) is 0. The molecule has 1 aromatic carbocycles. The van der Waals surface area contributed by atoms with Crippen molar-refractivity contribution in [2.24, 2.45) is 11.7 Å². The van der Waals surface area contributed by atoms with Crippen LogP contribution in [0.3, 0.4) is 0 Å². The maximum atomic E-state index is 10.4. The molecular formula is C21H35NO3. The van der Waals surface area contributed by atoms with Crippen molar-refractivity contribution in [2.75, 3.05) is 13.2 Å². The number of hydrogen-bond acceptors (Lipinski definition) is 4. The van der Waals surface area contributed by atoms with Crippen LogP contribution in [0.1, 0.15) is 74.7 Å². The molecule has 1 aromatic rings. The molecule has 0 bridgehead atoms. The van der Waals surface area contributed by atoms with Crippen molar-refractivity contribution >= 4 is 0 Å². The Morgan fingerprint density at radius 3 is 2.60 bits per heavy atom. The van der Waals surface area contributed by atoms with E-state index in [1.165, 1.54) is 49.7 Å². The number of aliphatic hydroxyl groups is 3. The lowest BCUT2D eigenvalue weighted by atomic mass is 9.80. The number of benzene rings is 1. The van der Waals surface area contributed by atoms with Gasteiger partial charge in [-0.15, -0.1) is 0 Å². The van der Waals surface area contributed by atoms with Crippen LogP contribution >= 0.6 is 0 Å². The summed E-state index contributed by atoms with van der Waals surface area (Å²) >= 11 is 0. The molecule has 1 aliphatic rings. The van der Waals surface area contributed by atoms with Gasteiger partial charge in [0.1, 0.15) is 0 Å². The van der Waals surface area contributed by atoms with Gasteiger partial charge < -0.3 is 21.1 Å². The fourth-order valence-electron chi connectivity index (χ4n) is 3.85. The Bertz CT molecular complexity index is 528. The van der Waals surface area contributed by atoms with Crippen LogP contribution < -0.4 is 5.73 Å². The average Bonchev–Trinajstić information content (AvgIpc) is 2.64. The molecule has 2 rings (SSSR count). The zero-order chi connectivity index (χ0) is 18.3. The van der Waals surface area contributed by atoms with Crippen LogP contribution in [0.5, 0.6) is 0 Å². The lowest BCUT2D eigenvalue weighted by Gasteiger charge is -2.29. The van der Waals surface area contributed by atoms with Gasteiger partial charge in [-0.25, -0.2) is 0 Å². The minimum absolute atomic E-state index is 0.152. The Morgan fingerprint density at radius 1 is 1.16 bits per heavy atom. The molecule has 0 amide bonds. The Kier molecular flexibility index (Phi) is 7.88. The normalized spacial score (nSPS) is 18.8. The van der Waals surface area contributed by atoms with E-state index in [2.05, 4.69) is 19.1 Å². The summed E-state index contributed by atoms with van der Waals surface area (Å²) in [5, 5.41) is 29.1. The van der Waals surface area contributed by atoms with E-state index in [1.54, 1.807) is 0 Å². The van der Waals surface area contributed by atoms with Gasteiger partial charge in [0.25, 0.3) is 0 Å². The van der Waals surface area contributed by atoms with Crippen molar-refractivity contribution in [3.63, 3.8) is 0 Å². The number of fused-ring (bicyclic) bond motifs is 1. The number of hydrogen-bond donors (Lipinski definition) is 4. The van der Waals surface area contributed by atoms with E-state index >= 15 is 0 Å². The molecule has 2 atom stereocenters. The summed E-state index contributed by atoms with van der Waals surface area (Å²) in [6, 6.07) is 6.20. The molecule has 4 nitrogen and oxygen atoms in total. The second-order valence-electron chi connectivity index (χ2n) is 7.88. The molecule has 0 heterocycles. The molecule has 0 radical (unpaired) electrons. The zero-order valence-electron chi connectivity index (χ0n) is 15.6. The number of unbranched alkanes of at least 4 members (excludes halogenated alkanes) is 3. The van der Waals surface area contributed by atoms with E-state index in [1.807, 2.05) is 6.07 Å². The van der Waals surface area contributed by atoms with E-state index in [-0.39, 0.29) is 19.6 Å². The van der Waals surface area contributed by atoms with E-state index < -0.39 is 11.6 Å². The summed E-state index contributed by atoms with van der Waals surface area (Å²) in [5.74, 6) is 0.792. The van der Waals surface area contributed by atoms with Crippen LogP contribution in [0.25, 0.3) is 0 Å². The highest BCUT2D eigenvalue weighted by molar-refractivity contribution is 5.35. The summed E-state index contributed by atoms with van der Waals surface area (Å²) < 4.78 is 0. The Labute approximate surface area is 152 Å². The molecule has 5 N–H and O–H groups in total. The Balaban J connectivity index is 1.95. The van der Waals surface area contributed by atoms with Crippen molar-refractivity contribution in [3.8, 4) is 0 Å². The highest BCUT2D eigenvalue weighted by atomic mass is 16.3. The van der Waals surface area contributed by atoms with E-state index in [0.717, 1.165) is 24.3 Å². The third-order valence-corrected chi connectivity index (χ3v) is 5.64. The summed E-state index contributed by atoms with van der Waals surface area (Å²) in [5.41, 5.74) is 8.33. The van der Waals surface area contributed by atoms with E-state index in [4.69, 9.17) is 5.73 Å². The summed E-state index contributed by atoms with van der Waals surface area (Å²) in [6.07, 6.45) is 9.48. The van der Waals surface area contributed by atoms with Crippen molar-refractivity contribution in [1.82, 2.24) is 0 Å². The van der Waals surface area contributed by atoms with Gasteiger partial charge in [0.2, 0.25) is 0 Å². The molecule has 0 aromatic heterocycles. The molecule has 2 unspecified atom stereocenters. The van der Waals surface area contributed by atoms with Gasteiger partial charge in [-0.3, -0.25) is 0 Å². The molecule has 0 saturated heterocycles. The molecule has 4 heteroatoms. The third-order valence-electron chi connectivity index (χ3n) is 5.64. The van der Waals surface area contributed by atoms with Crippen LogP contribution in [-0.4, -0.2) is 34.1 Å². The highest BCUT2D eigenvalue weighted by Crippen LogP contribution is 2.32. The van der Waals surface area contributed by atoms with Gasteiger partial charge in [0.05, 0.1) is 24.9 Å². The predicted molar refractivity (Wildman–Crippen MR) is 101 cm³/mol. The molecule has 142 valence electrons. The van der Waals surface area contributed by atoms with Crippen molar-refractivity contribution in [2.45, 2.75) is 76.4 Å². The number of nitrogens with two attached hydrogens (primary N) is 1. The lowest BCUT2D eigenvalue weighted by Crippen LogP contribution is -2.48. The average molecular weight is 350 g/mol. The predicted octanol–water partition coefficient (Wildman–Crippen LogP) is 2.87. The zero-order valence-corrected chi connectivity index (χ0v) is 15.6. The van der Waals surface area contributed by atoms with E-state index in [9.17, 15) is 15.3 Å². The Hall–Kier alpha value is -0.940. The first kappa shape index (κ1) is 20.4. The van der Waals surface area contributed by atoms with Crippen molar-refractivity contribution in [1.29, 1.82) is 0 Å². The first-order valence-electron chi connectivity index (χ1n) is 9.81. The topological polar surface area (TPSA) is 86.7 Å². The first-order valence-corrected chi connectivity index (χ1v) is 9.81. The van der Waals surface area contributed by atoms with Crippen molar-refractivity contribution in [3.05, 3.63) is 34.9 Å². The quantitative estimate of drug-likeness (QED) is 0.489. The second kappa shape index (κ2) is 9.67. The van der Waals surface area contributed by atoms with E-state index in [0.29, 0.717) is 0 Å². The molecule has 0 saturated carbocycles. The van der Waals surface area contributed by atoms with Crippen LogP contribution in [0, 0.1) is 5.92 Å². The number of rotatable bonds is 10. The van der Waals surface area contributed by atoms with Crippen LogP contribution in [0.2, 0.25) is 0 Å². The fraction of sp³-hybridized carbons (Fsp3) is 0.714. The minimum atomic E-state index is -1.14. The number of aliphatic hydroxyl groups excluding tert-OH is 3. The van der Waals surface area contributed by atoms with Gasteiger partial charge in [-0.1, -0.05) is 57.2 Å². The molecular weight excluding hydrogens is 314 g/mol. The smallest absolute Gasteiger partial charge is 0.0809 e. The van der Waals surface area contributed by atoms with Crippen LogP contribution in [0.4, 0.5) is 0 Å². The number of aryl methyl sites for hydroxylation is 1. The minimum Gasteiger partial charge on any atom is -0.394 e. The summed E-state index contributed by atoms with van der Waals surface area (Å²) in [4.78, 5) is 0. The van der Waals surface area contributed by atoms with Gasteiger partial charge in [0.15, 0.2) is 0 Å². The molecule has 1 aliphatic carbocycles. The van der Waals surface area contributed by atoms with Crippen LogP contribution in [0.15, 0.2) is 18.2 Å². The maximum Gasteiger partial charge on any atom is 0.0809 e. The monoisotopic (exact) mass is 349 g/mol. The molecule has 0 spiro atoms. The molecule has 0 fully saturated rings. The van der Waals surface area contributed by atoms with Gasteiger partial charge >= 0.3 is 0 Å². The van der Waals surface area contributed by atoms with Gasteiger partial charge in [0, 0.05) is 0 Å². The maximum absolute atomic E-state index is 10.4. The Morgan fingerprint density at radius 2 is 1.92 bits per heavy atom. The van der Waals surface area contributed by atoms with Crippen molar-refractivity contribution < 1.29 is 15.3 Å². The fourth-order valence-corrected chi connectivity index (χ4v) is 3.85. The van der Waals surface area contributed by atoms with Gasteiger partial charge in [-0.05, 0) is 48.3 Å². The SMILES string of the molecule is CCCCCCC1CCc2cc(C(O)CC(N)(CO)CO)ccc2C1. The largest absolute Gasteiger partial charge is 0.394 e. The van der Waals surface area contributed by atoms with Gasteiger partial charge in [-0.2, -0.15) is 0 Å². The highest BCUT2D eigenvalue weighted by Gasteiger charge is 2.28. The molecule has 0 aliphatic heterocycles. The first-order chi connectivity index (χ1) is 12.0. The standard InChI is InChI=1S/C21H35NO3/c1-2-3-4-5-6-16-7-8-18-12-19(10-9-17(18)11-16)20(25)13-21(22,14-23)15-24/h9-10,12,16,20,23-25H,2-8,11,13-15,22H2,1H3. The lowest BCUT2D eigenvalue weighted by molar-refractivity contribution is 0.0617. The second-order valence-corrected chi connectivity index (χ2v) is 7.88. The molecule has 25 heavy (non-hydrogen) atoms. The summed E-state index contributed by atoms with van der Waals surface area (Å²) in [6.45, 7) is 1.56. The van der Waals surface area contributed by atoms with Crippen LogP contribution in [-0.2, 0) is 12.8 Å². The third kappa shape index (κ3) is 5.78.